The van der Waals surface area contributed by atoms with Crippen LogP contribution < -0.4 is 16.0 Å². The van der Waals surface area contributed by atoms with E-state index < -0.39 is 0 Å². The molecule has 1 aromatic rings. The lowest BCUT2D eigenvalue weighted by Crippen LogP contribution is -2.41. The molecule has 0 bridgehead atoms. The maximum Gasteiger partial charge on any atom is 0.243 e. The molecule has 6 heteroatoms. The SMILES string of the molecule is CC1CN=C(NCC(=O)Nc2ccc(F)cc2)N1. The van der Waals surface area contributed by atoms with Crippen LogP contribution in [0.25, 0.3) is 0 Å². The summed E-state index contributed by atoms with van der Waals surface area (Å²) in [5, 5.41) is 8.64. The largest absolute Gasteiger partial charge is 0.352 e. The van der Waals surface area contributed by atoms with E-state index in [-0.39, 0.29) is 18.3 Å². The van der Waals surface area contributed by atoms with Crippen LogP contribution in [0, 0.1) is 5.82 Å². The number of nitrogens with zero attached hydrogens (tertiary/aromatic N) is 1. The summed E-state index contributed by atoms with van der Waals surface area (Å²) in [4.78, 5) is 15.8. The van der Waals surface area contributed by atoms with E-state index in [1.54, 1.807) is 0 Å². The van der Waals surface area contributed by atoms with Crippen LogP contribution in [-0.2, 0) is 4.79 Å². The van der Waals surface area contributed by atoms with Crippen molar-refractivity contribution in [2.24, 2.45) is 4.99 Å². The minimum atomic E-state index is -0.329. The average Bonchev–Trinajstić information content (AvgIpc) is 2.76. The van der Waals surface area contributed by atoms with Gasteiger partial charge in [-0.3, -0.25) is 9.79 Å². The fraction of sp³-hybridized carbons (Fsp3) is 0.333. The van der Waals surface area contributed by atoms with Crippen LogP contribution in [-0.4, -0.2) is 31.0 Å². The standard InChI is InChI=1S/C12H15FN4O/c1-8-6-14-12(16-8)15-7-11(18)17-10-4-2-9(13)3-5-10/h2-5,8H,6-7H2,1H3,(H,17,18)(H2,14,15,16). The van der Waals surface area contributed by atoms with Gasteiger partial charge in [-0.1, -0.05) is 0 Å². The predicted molar refractivity (Wildman–Crippen MR) is 67.9 cm³/mol. The molecule has 96 valence electrons. The van der Waals surface area contributed by atoms with Crippen molar-refractivity contribution in [3.05, 3.63) is 30.1 Å². The van der Waals surface area contributed by atoms with Crippen LogP contribution in [0.2, 0.25) is 0 Å². The first-order valence-electron chi connectivity index (χ1n) is 5.74. The molecular formula is C12H15FN4O. The lowest BCUT2D eigenvalue weighted by atomic mass is 10.3. The number of guanidine groups is 1. The number of amides is 1. The van der Waals surface area contributed by atoms with Gasteiger partial charge in [0.2, 0.25) is 5.91 Å². The number of carbonyl (C=O) groups is 1. The molecule has 18 heavy (non-hydrogen) atoms. The van der Waals surface area contributed by atoms with Gasteiger partial charge >= 0.3 is 0 Å². The highest BCUT2D eigenvalue weighted by Gasteiger charge is 2.12. The Hall–Kier alpha value is -2.11. The quantitative estimate of drug-likeness (QED) is 0.740. The molecule has 1 aliphatic heterocycles. The van der Waals surface area contributed by atoms with Crippen molar-refractivity contribution >= 4 is 17.6 Å². The van der Waals surface area contributed by atoms with Crippen molar-refractivity contribution < 1.29 is 9.18 Å². The van der Waals surface area contributed by atoms with E-state index in [9.17, 15) is 9.18 Å². The van der Waals surface area contributed by atoms with Gasteiger partial charge in [0.05, 0.1) is 13.1 Å². The van der Waals surface area contributed by atoms with Crippen LogP contribution in [0.15, 0.2) is 29.3 Å². The molecular weight excluding hydrogens is 235 g/mol. The molecule has 0 saturated carbocycles. The highest BCUT2D eigenvalue weighted by molar-refractivity contribution is 5.95. The maximum atomic E-state index is 12.7. The van der Waals surface area contributed by atoms with Gasteiger partial charge in [0.15, 0.2) is 5.96 Å². The Labute approximate surface area is 104 Å². The Kier molecular flexibility index (Phi) is 3.76. The fourth-order valence-corrected chi connectivity index (χ4v) is 1.56. The Morgan fingerprint density at radius 3 is 2.83 bits per heavy atom. The molecule has 0 aromatic heterocycles. The van der Waals surface area contributed by atoms with Crippen molar-refractivity contribution in [3.63, 3.8) is 0 Å². The summed E-state index contributed by atoms with van der Waals surface area (Å²) >= 11 is 0. The number of halogens is 1. The van der Waals surface area contributed by atoms with E-state index in [0.29, 0.717) is 24.2 Å². The zero-order valence-corrected chi connectivity index (χ0v) is 10.0. The summed E-state index contributed by atoms with van der Waals surface area (Å²) in [5.74, 6) is 0.104. The molecule has 0 saturated heterocycles. The maximum absolute atomic E-state index is 12.7. The lowest BCUT2D eigenvalue weighted by molar-refractivity contribution is -0.115. The molecule has 0 spiro atoms. The first kappa shape index (κ1) is 12.3. The van der Waals surface area contributed by atoms with Crippen LogP contribution >= 0.6 is 0 Å². The second-order valence-corrected chi connectivity index (χ2v) is 4.14. The van der Waals surface area contributed by atoms with Crippen molar-refractivity contribution in [2.45, 2.75) is 13.0 Å². The highest BCUT2D eigenvalue weighted by atomic mass is 19.1. The molecule has 1 aliphatic rings. The van der Waals surface area contributed by atoms with Gasteiger partial charge in [0.1, 0.15) is 5.82 Å². The molecule has 0 fully saturated rings. The normalized spacial score (nSPS) is 17.9. The number of aliphatic imine (C=N–C) groups is 1. The number of carbonyl (C=O) groups excluding carboxylic acids is 1. The van der Waals surface area contributed by atoms with Gasteiger partial charge in [0, 0.05) is 11.7 Å². The van der Waals surface area contributed by atoms with E-state index in [4.69, 9.17) is 0 Å². The van der Waals surface area contributed by atoms with E-state index >= 15 is 0 Å². The van der Waals surface area contributed by atoms with Gasteiger partial charge in [-0.05, 0) is 31.2 Å². The van der Waals surface area contributed by atoms with E-state index in [1.807, 2.05) is 6.92 Å². The molecule has 0 aliphatic carbocycles. The number of benzene rings is 1. The predicted octanol–water partition coefficient (Wildman–Crippen LogP) is 0.701. The van der Waals surface area contributed by atoms with Gasteiger partial charge in [-0.25, -0.2) is 4.39 Å². The van der Waals surface area contributed by atoms with Crippen molar-refractivity contribution in [2.75, 3.05) is 18.4 Å². The summed E-state index contributed by atoms with van der Waals surface area (Å²) < 4.78 is 12.7. The third kappa shape index (κ3) is 3.44. The van der Waals surface area contributed by atoms with Crippen molar-refractivity contribution in [1.82, 2.24) is 10.6 Å². The van der Waals surface area contributed by atoms with E-state index in [2.05, 4.69) is 20.9 Å². The Balaban J connectivity index is 1.77. The first-order valence-corrected chi connectivity index (χ1v) is 5.74. The van der Waals surface area contributed by atoms with Gasteiger partial charge < -0.3 is 16.0 Å². The summed E-state index contributed by atoms with van der Waals surface area (Å²) in [6.45, 7) is 2.84. The van der Waals surface area contributed by atoms with Crippen LogP contribution in [0.3, 0.4) is 0 Å². The molecule has 5 nitrogen and oxygen atoms in total. The third-order valence-corrected chi connectivity index (χ3v) is 2.45. The van der Waals surface area contributed by atoms with Crippen molar-refractivity contribution in [1.29, 1.82) is 0 Å². The molecule has 1 unspecified atom stereocenters. The monoisotopic (exact) mass is 250 g/mol. The highest BCUT2D eigenvalue weighted by Crippen LogP contribution is 2.07. The van der Waals surface area contributed by atoms with Gasteiger partial charge in [0.25, 0.3) is 0 Å². The minimum absolute atomic E-state index is 0.121. The Morgan fingerprint density at radius 2 is 2.22 bits per heavy atom. The molecule has 0 radical (unpaired) electrons. The summed E-state index contributed by atoms with van der Waals surface area (Å²) in [5.41, 5.74) is 0.567. The molecule has 2 rings (SSSR count). The molecule has 1 heterocycles. The lowest BCUT2D eigenvalue weighted by Gasteiger charge is -2.09. The number of hydrogen-bond acceptors (Lipinski definition) is 4. The second kappa shape index (κ2) is 5.48. The van der Waals surface area contributed by atoms with Gasteiger partial charge in [-0.2, -0.15) is 0 Å². The smallest absolute Gasteiger partial charge is 0.243 e. The summed E-state index contributed by atoms with van der Waals surface area (Å²) in [7, 11) is 0. The molecule has 1 aromatic carbocycles. The Morgan fingerprint density at radius 1 is 1.50 bits per heavy atom. The summed E-state index contributed by atoms with van der Waals surface area (Å²) in [6.07, 6.45) is 0. The van der Waals surface area contributed by atoms with E-state index in [1.165, 1.54) is 24.3 Å². The fourth-order valence-electron chi connectivity index (χ4n) is 1.56. The summed E-state index contributed by atoms with van der Waals surface area (Å²) in [6, 6.07) is 5.93. The number of hydrogen-bond donors (Lipinski definition) is 3. The van der Waals surface area contributed by atoms with Crippen LogP contribution in [0.5, 0.6) is 0 Å². The van der Waals surface area contributed by atoms with Gasteiger partial charge in [-0.15, -0.1) is 0 Å². The van der Waals surface area contributed by atoms with Crippen LogP contribution in [0.1, 0.15) is 6.92 Å². The third-order valence-electron chi connectivity index (χ3n) is 2.45. The van der Waals surface area contributed by atoms with E-state index in [0.717, 1.165) is 0 Å². The minimum Gasteiger partial charge on any atom is -0.352 e. The molecule has 1 atom stereocenters. The number of nitrogens with one attached hydrogen (secondary N) is 3. The molecule has 3 N–H and O–H groups in total. The topological polar surface area (TPSA) is 65.5 Å². The number of rotatable bonds is 3. The van der Waals surface area contributed by atoms with Crippen molar-refractivity contribution in [3.8, 4) is 0 Å². The first-order chi connectivity index (χ1) is 8.63. The average molecular weight is 250 g/mol. The number of anilines is 1. The zero-order valence-electron chi connectivity index (χ0n) is 10.0. The molecule has 1 amide bonds. The second-order valence-electron chi connectivity index (χ2n) is 4.14. The van der Waals surface area contributed by atoms with Crippen LogP contribution in [0.4, 0.5) is 10.1 Å². The Bertz CT molecular complexity index is 458. The zero-order chi connectivity index (χ0) is 13.0.